The summed E-state index contributed by atoms with van der Waals surface area (Å²) in [5.74, 6) is 0.0114. The van der Waals surface area contributed by atoms with Crippen molar-refractivity contribution in [3.05, 3.63) is 48.0 Å². The zero-order chi connectivity index (χ0) is 19.7. The molecule has 1 N–H and O–H groups in total. The third-order valence-corrected chi connectivity index (χ3v) is 6.21. The number of fused-ring (bicyclic) bond motifs is 1. The number of nitrogens with zero attached hydrogens (tertiary/aromatic N) is 2. The van der Waals surface area contributed by atoms with E-state index in [1.165, 1.54) is 10.3 Å². The molecular formula is C22H25N3O2S. The number of nitrogens with one attached hydrogen (secondary N) is 1. The minimum absolute atomic E-state index is 0.0114. The maximum absolute atomic E-state index is 12.6. The van der Waals surface area contributed by atoms with Crippen LogP contribution in [0.5, 0.6) is 0 Å². The molecule has 1 aliphatic rings. The lowest BCUT2D eigenvalue weighted by Crippen LogP contribution is -2.50. The minimum atomic E-state index is -0.182. The number of hydrogen-bond donors (Lipinski definition) is 1. The van der Waals surface area contributed by atoms with Gasteiger partial charge in [0.2, 0.25) is 5.91 Å². The van der Waals surface area contributed by atoms with Gasteiger partial charge in [0.25, 0.3) is 0 Å². The Morgan fingerprint density at radius 3 is 2.82 bits per heavy atom. The highest BCUT2D eigenvalue weighted by molar-refractivity contribution is 7.21. The number of carbonyl (C=O) groups is 1. The number of benzene rings is 2. The lowest BCUT2D eigenvalue weighted by Gasteiger charge is -2.34. The standard InChI is InChI=1S/C22H25N3O2S/c1-14-4-9-19-20(12-14)28-22(24-19)17-5-7-18(8-6-17)23-21(26)16(3)25-10-11-27-15(2)13-25/h4-9,12,15-16H,10-11,13H2,1-3H3,(H,23,26)/t15-,16+/m1/s1. The molecule has 2 aromatic carbocycles. The second kappa shape index (κ2) is 7.99. The molecule has 5 nitrogen and oxygen atoms in total. The van der Waals surface area contributed by atoms with Gasteiger partial charge in [-0.2, -0.15) is 0 Å². The highest BCUT2D eigenvalue weighted by Gasteiger charge is 2.26. The predicted octanol–water partition coefficient (Wildman–Crippen LogP) is 4.32. The summed E-state index contributed by atoms with van der Waals surface area (Å²) in [7, 11) is 0. The fourth-order valence-electron chi connectivity index (χ4n) is 3.46. The van der Waals surface area contributed by atoms with E-state index in [-0.39, 0.29) is 18.1 Å². The maximum atomic E-state index is 12.6. The molecule has 6 heteroatoms. The number of aromatic nitrogens is 1. The SMILES string of the molecule is Cc1ccc2nc(-c3ccc(NC(=O)[C@H](C)N4CCO[C@H](C)C4)cc3)sc2c1. The first kappa shape index (κ1) is 19.1. The molecule has 1 saturated heterocycles. The minimum Gasteiger partial charge on any atom is -0.376 e. The fraction of sp³-hybridized carbons (Fsp3) is 0.364. The van der Waals surface area contributed by atoms with Crippen LogP contribution in [0.1, 0.15) is 19.4 Å². The molecule has 4 rings (SSSR count). The van der Waals surface area contributed by atoms with Crippen molar-refractivity contribution in [3.8, 4) is 10.6 Å². The quantitative estimate of drug-likeness (QED) is 0.715. The van der Waals surface area contributed by atoms with Crippen molar-refractivity contribution < 1.29 is 9.53 Å². The summed E-state index contributed by atoms with van der Waals surface area (Å²) in [6.07, 6.45) is 0.167. The van der Waals surface area contributed by atoms with E-state index in [4.69, 9.17) is 9.72 Å². The largest absolute Gasteiger partial charge is 0.376 e. The summed E-state index contributed by atoms with van der Waals surface area (Å²) < 4.78 is 6.76. The number of thiazole rings is 1. The van der Waals surface area contributed by atoms with Crippen LogP contribution >= 0.6 is 11.3 Å². The number of hydrogen-bond acceptors (Lipinski definition) is 5. The maximum Gasteiger partial charge on any atom is 0.241 e. The molecule has 28 heavy (non-hydrogen) atoms. The number of amides is 1. The summed E-state index contributed by atoms with van der Waals surface area (Å²) in [6.45, 7) is 8.33. The van der Waals surface area contributed by atoms with Crippen LogP contribution in [0, 0.1) is 6.92 Å². The first-order valence-corrected chi connectivity index (χ1v) is 10.5. The Bertz CT molecular complexity index is 983. The highest BCUT2D eigenvalue weighted by atomic mass is 32.1. The third kappa shape index (κ3) is 4.09. The van der Waals surface area contributed by atoms with Crippen molar-refractivity contribution in [1.29, 1.82) is 0 Å². The van der Waals surface area contributed by atoms with Gasteiger partial charge in [-0.25, -0.2) is 4.98 Å². The molecule has 0 unspecified atom stereocenters. The van der Waals surface area contributed by atoms with E-state index < -0.39 is 0 Å². The Hall–Kier alpha value is -2.28. The predicted molar refractivity (Wildman–Crippen MR) is 115 cm³/mol. The molecule has 2 atom stereocenters. The number of rotatable bonds is 4. The average molecular weight is 396 g/mol. The van der Waals surface area contributed by atoms with E-state index in [2.05, 4.69) is 35.3 Å². The van der Waals surface area contributed by atoms with Crippen LogP contribution in [0.2, 0.25) is 0 Å². The average Bonchev–Trinajstić information content (AvgIpc) is 3.11. The van der Waals surface area contributed by atoms with Crippen molar-refractivity contribution in [2.45, 2.75) is 32.9 Å². The van der Waals surface area contributed by atoms with E-state index in [1.54, 1.807) is 11.3 Å². The number of morpholine rings is 1. The Balaban J connectivity index is 1.44. The van der Waals surface area contributed by atoms with E-state index in [0.717, 1.165) is 34.9 Å². The van der Waals surface area contributed by atoms with Gasteiger partial charge in [-0.15, -0.1) is 11.3 Å². The second-order valence-electron chi connectivity index (χ2n) is 7.41. The normalized spacial score (nSPS) is 18.9. The zero-order valence-corrected chi connectivity index (χ0v) is 17.3. The van der Waals surface area contributed by atoms with Gasteiger partial charge in [-0.1, -0.05) is 6.07 Å². The first-order valence-electron chi connectivity index (χ1n) is 9.64. The molecule has 0 bridgehead atoms. The molecule has 0 radical (unpaired) electrons. The second-order valence-corrected chi connectivity index (χ2v) is 8.44. The first-order chi connectivity index (χ1) is 13.5. The van der Waals surface area contributed by atoms with Crippen LogP contribution in [0.4, 0.5) is 5.69 Å². The lowest BCUT2D eigenvalue weighted by molar-refractivity contribution is -0.123. The third-order valence-electron chi connectivity index (χ3n) is 5.14. The summed E-state index contributed by atoms with van der Waals surface area (Å²) in [5.41, 5.74) is 4.13. The topological polar surface area (TPSA) is 54.5 Å². The highest BCUT2D eigenvalue weighted by Crippen LogP contribution is 2.31. The Morgan fingerprint density at radius 1 is 1.29 bits per heavy atom. The van der Waals surface area contributed by atoms with Gasteiger partial charge in [0.1, 0.15) is 5.01 Å². The summed E-state index contributed by atoms with van der Waals surface area (Å²) >= 11 is 1.69. The molecule has 0 aliphatic carbocycles. The Morgan fingerprint density at radius 2 is 2.07 bits per heavy atom. The van der Waals surface area contributed by atoms with Crippen LogP contribution in [0.15, 0.2) is 42.5 Å². The molecule has 3 aromatic rings. The smallest absolute Gasteiger partial charge is 0.241 e. The monoisotopic (exact) mass is 395 g/mol. The number of anilines is 1. The van der Waals surface area contributed by atoms with Gasteiger partial charge in [0, 0.05) is 24.3 Å². The van der Waals surface area contributed by atoms with Crippen LogP contribution in [0.25, 0.3) is 20.8 Å². The van der Waals surface area contributed by atoms with Crippen molar-refractivity contribution >= 4 is 33.1 Å². The molecular weight excluding hydrogens is 370 g/mol. The van der Waals surface area contributed by atoms with E-state index in [9.17, 15) is 4.79 Å². The van der Waals surface area contributed by atoms with E-state index in [0.29, 0.717) is 6.61 Å². The summed E-state index contributed by atoms with van der Waals surface area (Å²) in [6, 6.07) is 14.0. The molecule has 0 spiro atoms. The van der Waals surface area contributed by atoms with Gasteiger partial charge in [0.05, 0.1) is 29.0 Å². The lowest BCUT2D eigenvalue weighted by atomic mass is 10.2. The van der Waals surface area contributed by atoms with Crippen molar-refractivity contribution in [3.63, 3.8) is 0 Å². The number of carbonyl (C=O) groups excluding carboxylic acids is 1. The van der Waals surface area contributed by atoms with Gasteiger partial charge in [-0.3, -0.25) is 9.69 Å². The molecule has 1 aromatic heterocycles. The van der Waals surface area contributed by atoms with E-state index >= 15 is 0 Å². The van der Waals surface area contributed by atoms with Crippen LogP contribution < -0.4 is 5.32 Å². The summed E-state index contributed by atoms with van der Waals surface area (Å²) in [5, 5.41) is 4.02. The van der Waals surface area contributed by atoms with Crippen molar-refractivity contribution in [2.75, 3.05) is 25.0 Å². The number of aryl methyl sites for hydroxylation is 1. The van der Waals surface area contributed by atoms with Gasteiger partial charge in [0.15, 0.2) is 0 Å². The molecule has 0 saturated carbocycles. The van der Waals surface area contributed by atoms with Gasteiger partial charge >= 0.3 is 0 Å². The van der Waals surface area contributed by atoms with Crippen LogP contribution in [-0.4, -0.2) is 47.6 Å². The zero-order valence-electron chi connectivity index (χ0n) is 16.4. The molecule has 1 aliphatic heterocycles. The molecule has 1 amide bonds. The molecule has 146 valence electrons. The van der Waals surface area contributed by atoms with E-state index in [1.807, 2.05) is 38.1 Å². The fourth-order valence-corrected chi connectivity index (χ4v) is 4.53. The molecule has 1 fully saturated rings. The van der Waals surface area contributed by atoms with Crippen LogP contribution in [-0.2, 0) is 9.53 Å². The Labute approximate surface area is 169 Å². The van der Waals surface area contributed by atoms with Crippen LogP contribution in [0.3, 0.4) is 0 Å². The number of ether oxygens (including phenoxy) is 1. The van der Waals surface area contributed by atoms with Crippen molar-refractivity contribution in [1.82, 2.24) is 9.88 Å². The molecule has 2 heterocycles. The Kier molecular flexibility index (Phi) is 5.44. The van der Waals surface area contributed by atoms with Gasteiger partial charge in [-0.05, 0) is 62.7 Å². The summed E-state index contributed by atoms with van der Waals surface area (Å²) in [4.78, 5) is 19.5. The van der Waals surface area contributed by atoms with Crippen molar-refractivity contribution in [2.24, 2.45) is 0 Å². The van der Waals surface area contributed by atoms with Gasteiger partial charge < -0.3 is 10.1 Å².